The molecule has 2 aliphatic heterocycles. The lowest BCUT2D eigenvalue weighted by Crippen LogP contribution is -2.49. The predicted octanol–water partition coefficient (Wildman–Crippen LogP) is 11.2. The number of carbonyl (C=O) groups is 5. The summed E-state index contributed by atoms with van der Waals surface area (Å²) in [4.78, 5) is 76.4. The van der Waals surface area contributed by atoms with Gasteiger partial charge in [0.25, 0.3) is 11.8 Å². The van der Waals surface area contributed by atoms with Crippen molar-refractivity contribution in [3.63, 3.8) is 0 Å². The number of ether oxygens (including phenoxy) is 1. The first kappa shape index (κ1) is 68.4. The van der Waals surface area contributed by atoms with E-state index in [0.717, 1.165) is 115 Å². The molecule has 2 saturated heterocycles. The molecule has 10 rings (SSSR count). The van der Waals surface area contributed by atoms with Gasteiger partial charge in [-0.05, 0) is 176 Å². The van der Waals surface area contributed by atoms with E-state index in [1.807, 2.05) is 117 Å². The van der Waals surface area contributed by atoms with E-state index in [1.165, 1.54) is 18.2 Å². The number of aromatic nitrogens is 6. The number of alkyl halides is 1. The Labute approximate surface area is 545 Å². The van der Waals surface area contributed by atoms with Crippen LogP contribution in [0.3, 0.4) is 0 Å². The number of nitrogen functional groups attached to an aromatic ring is 1. The Hall–Kier alpha value is -9.55. The minimum absolute atomic E-state index is 0.0556. The first-order valence-electron chi connectivity index (χ1n) is 30.5. The predicted molar refractivity (Wildman–Crippen MR) is 368 cm³/mol. The van der Waals surface area contributed by atoms with Gasteiger partial charge in [0.2, 0.25) is 11.1 Å². The van der Waals surface area contributed by atoms with Crippen LogP contribution in [0.15, 0.2) is 146 Å². The van der Waals surface area contributed by atoms with Crippen molar-refractivity contribution in [3.05, 3.63) is 168 Å². The number of nitrogens with two attached hydrogens (primary N) is 2. The zero-order valence-electron chi connectivity index (χ0n) is 52.9. The molecule has 0 aliphatic carbocycles. The van der Waals surface area contributed by atoms with Gasteiger partial charge in [0.1, 0.15) is 28.9 Å². The highest BCUT2D eigenvalue weighted by atomic mass is 35.5. The van der Waals surface area contributed by atoms with E-state index in [-0.39, 0.29) is 29.8 Å². The number of hydrogen-bond acceptors (Lipinski definition) is 17. The molecule has 2 atom stereocenters. The van der Waals surface area contributed by atoms with Crippen molar-refractivity contribution >= 4 is 121 Å². The van der Waals surface area contributed by atoms with Crippen molar-refractivity contribution in [1.29, 1.82) is 0 Å². The number of rotatable bonds is 19. The number of fused-ring (bicyclic) bond motifs is 2. The van der Waals surface area contributed by atoms with Gasteiger partial charge in [0, 0.05) is 125 Å². The molecular formula is C67H81Cl2N17O6. The van der Waals surface area contributed by atoms with E-state index in [4.69, 9.17) is 49.4 Å². The van der Waals surface area contributed by atoms with Crippen LogP contribution in [0, 0.1) is 0 Å². The van der Waals surface area contributed by atoms with Crippen LogP contribution in [0.2, 0.25) is 0 Å². The van der Waals surface area contributed by atoms with Crippen LogP contribution in [-0.2, 0) is 27.2 Å². The number of nitrogens with zero attached hydrogens (tertiary/aromatic N) is 9. The number of aryl methyl sites for hydroxylation is 2. The molecule has 0 radical (unpaired) electrons. The Morgan fingerprint density at radius 1 is 0.663 bits per heavy atom. The number of alkyl carbamates (subject to hydrolysis) is 1. The summed E-state index contributed by atoms with van der Waals surface area (Å²) in [7, 11) is 3.87. The lowest BCUT2D eigenvalue weighted by Gasteiger charge is -2.34. The van der Waals surface area contributed by atoms with Crippen molar-refractivity contribution in [1.82, 2.24) is 39.4 Å². The van der Waals surface area contributed by atoms with Gasteiger partial charge in [-0.15, -0.1) is 11.6 Å². The maximum Gasteiger partial charge on any atom is 0.407 e. The highest BCUT2D eigenvalue weighted by Gasteiger charge is 2.27. The van der Waals surface area contributed by atoms with E-state index in [2.05, 4.69) is 65.7 Å². The van der Waals surface area contributed by atoms with Gasteiger partial charge in [0.15, 0.2) is 11.3 Å². The molecular weight excluding hydrogens is 1210 g/mol. The Bertz CT molecular complexity index is 3900. The molecule has 25 heteroatoms. The van der Waals surface area contributed by atoms with Crippen molar-refractivity contribution in [2.24, 2.45) is 5.73 Å². The van der Waals surface area contributed by atoms with Gasteiger partial charge >= 0.3 is 6.09 Å². The van der Waals surface area contributed by atoms with E-state index in [9.17, 15) is 24.0 Å². The quantitative estimate of drug-likeness (QED) is 0.0162. The monoisotopic (exact) mass is 1290 g/mol. The lowest BCUT2D eigenvalue weighted by atomic mass is 10.1. The fourth-order valence-electron chi connectivity index (χ4n) is 10.1. The SMILES string of the molecule is CCc1cnn2c(Nc3cccc(NC(=O)c4ccc(N)cc4)c3)cc(N3CCCC(NC(=O)OC(C)(C)C)C3)nc12.CCc1cnn2c(Nc3cccc(NC(=O)c4ccc(NC(=O)/C=C/CN(C)C)cc4)c3)cc(N3CCCC(N)C3)nc12.O=C(Cl)/C=C/CCl. The van der Waals surface area contributed by atoms with E-state index < -0.39 is 16.9 Å². The average Bonchev–Trinajstić information content (AvgIpc) is 1.60. The van der Waals surface area contributed by atoms with Gasteiger partial charge in [-0.25, -0.2) is 14.8 Å². The van der Waals surface area contributed by atoms with Gasteiger partial charge in [-0.2, -0.15) is 19.2 Å². The van der Waals surface area contributed by atoms with Gasteiger partial charge < -0.3 is 62.8 Å². The fourth-order valence-corrected chi connectivity index (χ4v) is 10.2. The van der Waals surface area contributed by atoms with Crippen molar-refractivity contribution in [3.8, 4) is 0 Å². The number of amides is 4. The minimum Gasteiger partial charge on any atom is -0.444 e. The fraction of sp³-hybridized carbons (Fsp3) is 0.328. The van der Waals surface area contributed by atoms with Crippen LogP contribution < -0.4 is 53.2 Å². The molecule has 92 heavy (non-hydrogen) atoms. The van der Waals surface area contributed by atoms with Crippen molar-refractivity contribution < 1.29 is 28.7 Å². The van der Waals surface area contributed by atoms with Crippen LogP contribution in [0.5, 0.6) is 0 Å². The van der Waals surface area contributed by atoms with Gasteiger partial charge in [-0.1, -0.05) is 38.1 Å². The minimum atomic E-state index is -0.555. The number of nitrogens with one attached hydrogen (secondary N) is 6. The highest BCUT2D eigenvalue weighted by molar-refractivity contribution is 6.66. The topological polar surface area (TPSA) is 289 Å². The number of benzene rings is 4. The van der Waals surface area contributed by atoms with Crippen LogP contribution in [-0.4, -0.2) is 134 Å². The molecule has 0 spiro atoms. The van der Waals surface area contributed by atoms with Crippen molar-refractivity contribution in [2.45, 2.75) is 90.8 Å². The summed E-state index contributed by atoms with van der Waals surface area (Å²) >= 11 is 10.0. The Morgan fingerprint density at radius 2 is 1.17 bits per heavy atom. The molecule has 8 aromatic rings. The number of piperidine rings is 2. The zero-order chi connectivity index (χ0) is 65.9. The first-order chi connectivity index (χ1) is 44.1. The summed E-state index contributed by atoms with van der Waals surface area (Å²) in [6.07, 6.45) is 14.7. The number of hydrogen-bond donors (Lipinski definition) is 8. The van der Waals surface area contributed by atoms with Crippen LogP contribution in [0.1, 0.15) is 92.1 Å². The molecule has 6 heterocycles. The van der Waals surface area contributed by atoms with E-state index in [0.29, 0.717) is 52.8 Å². The molecule has 10 N–H and O–H groups in total. The van der Waals surface area contributed by atoms with E-state index >= 15 is 0 Å². The smallest absolute Gasteiger partial charge is 0.407 e. The average molecular weight is 1290 g/mol. The normalized spacial score (nSPS) is 14.9. The summed E-state index contributed by atoms with van der Waals surface area (Å²) < 4.78 is 9.08. The maximum absolute atomic E-state index is 13.0. The number of carbonyl (C=O) groups excluding carboxylic acids is 5. The van der Waals surface area contributed by atoms with Crippen LogP contribution >= 0.6 is 23.2 Å². The second-order valence-electron chi connectivity index (χ2n) is 23.3. The number of halogens is 2. The van der Waals surface area contributed by atoms with Crippen LogP contribution in [0.25, 0.3) is 11.3 Å². The summed E-state index contributed by atoms with van der Waals surface area (Å²) in [5.74, 6) is 2.81. The lowest BCUT2D eigenvalue weighted by molar-refractivity contribution is -0.112. The second kappa shape index (κ2) is 32.5. The molecule has 4 amide bonds. The summed E-state index contributed by atoms with van der Waals surface area (Å²) in [5.41, 5.74) is 20.2. The third kappa shape index (κ3) is 20.0. The molecule has 2 aliphatic rings. The molecule has 2 fully saturated rings. The standard InChI is InChI=1S/C32H39N9O2.C31H38N8O3.C4H4Cl2O/c1-4-22-20-34-41-29(19-28(38-31(22)41)40-17-6-8-24(33)21-40)35-26-9-5-10-27(18-26)37-32(43)23-12-14-25(15-13-23)36-30(42)11-7-16-39(2)3;1-5-20-18-33-39-27(34-23-8-6-9-24(16-23)35-29(40)21-11-13-22(32)14-12-21)17-26(37-28(20)39)38-15-7-10-25(19-38)36-30(41)42-31(2,3)4;5-3-1-2-4(6)7/h5,7,9-15,18-20,24,35H,4,6,8,16-17,21,33H2,1-3H3,(H,36,42)(H,37,43);6,8-9,11-14,16-18,25,34H,5,7,10,15,19,32H2,1-4H3,(H,35,40)(H,36,41);1-2H,3H2/b11-7+;;2-1+. The summed E-state index contributed by atoms with van der Waals surface area (Å²) in [6, 6.07) is 32.6. The van der Waals surface area contributed by atoms with E-state index in [1.54, 1.807) is 59.1 Å². The highest BCUT2D eigenvalue weighted by Crippen LogP contribution is 2.30. The Balaban J connectivity index is 0.000000214. The number of allylic oxidation sites excluding steroid dienone is 2. The van der Waals surface area contributed by atoms with Gasteiger partial charge in [-0.3, -0.25) is 19.2 Å². The largest absolute Gasteiger partial charge is 0.444 e. The molecule has 0 bridgehead atoms. The molecule has 4 aromatic heterocycles. The Morgan fingerprint density at radius 3 is 1.65 bits per heavy atom. The first-order valence-corrected chi connectivity index (χ1v) is 31.4. The number of likely N-dealkylation sites (N-methyl/N-ethyl adjacent to an activating group) is 1. The van der Waals surface area contributed by atoms with Crippen LogP contribution in [0.4, 0.5) is 62.2 Å². The molecule has 484 valence electrons. The Kier molecular flexibility index (Phi) is 24.1. The number of anilines is 10. The maximum atomic E-state index is 13.0. The molecule has 0 saturated carbocycles. The summed E-state index contributed by atoms with van der Waals surface area (Å²) in [5, 5.41) is 27.4. The molecule has 2 unspecified atom stereocenters. The molecule has 4 aromatic carbocycles. The second-order valence-corrected chi connectivity index (χ2v) is 24.0. The zero-order valence-corrected chi connectivity index (χ0v) is 54.4. The summed E-state index contributed by atoms with van der Waals surface area (Å²) in [6.45, 7) is 13.5. The van der Waals surface area contributed by atoms with Crippen molar-refractivity contribution in [2.75, 3.05) is 94.8 Å². The third-order valence-electron chi connectivity index (χ3n) is 14.5. The third-order valence-corrected chi connectivity index (χ3v) is 14.8. The molecule has 23 nitrogen and oxygen atoms in total. The van der Waals surface area contributed by atoms with Gasteiger partial charge in [0.05, 0.1) is 12.4 Å².